The van der Waals surface area contributed by atoms with Gasteiger partial charge in [-0.3, -0.25) is 0 Å². The molecule has 1 aromatic carbocycles. The number of nitrogens with zero attached hydrogens (tertiary/aromatic N) is 2. The largest absolute Gasteiger partial charge is 0.476 e. The number of rotatable bonds is 5. The Bertz CT molecular complexity index is 529. The number of carboxylic acid groups (broad SMARTS) is 1. The molecule has 4 heteroatoms. The van der Waals surface area contributed by atoms with E-state index in [0.717, 1.165) is 12.1 Å². The van der Waals surface area contributed by atoms with Gasteiger partial charge in [0.25, 0.3) is 0 Å². The molecule has 0 amide bonds. The fourth-order valence-electron chi connectivity index (χ4n) is 1.78. The van der Waals surface area contributed by atoms with E-state index in [1.54, 1.807) is 10.9 Å². The van der Waals surface area contributed by atoms with Crippen molar-refractivity contribution in [3.63, 3.8) is 0 Å². The Kier molecular flexibility index (Phi) is 3.77. The molecule has 0 bridgehead atoms. The van der Waals surface area contributed by atoms with Crippen LogP contribution in [-0.2, 0) is 6.42 Å². The molecule has 0 atom stereocenters. The van der Waals surface area contributed by atoms with Crippen LogP contribution in [0.1, 0.15) is 35.8 Å². The predicted octanol–water partition coefficient (Wildman–Crippen LogP) is 2.91. The minimum atomic E-state index is -1.01. The summed E-state index contributed by atoms with van der Waals surface area (Å²) in [6.07, 6.45) is 5.11. The molecule has 2 aromatic rings. The molecule has 94 valence electrons. The summed E-state index contributed by atoms with van der Waals surface area (Å²) in [5, 5.41) is 12.8. The Morgan fingerprint density at radius 2 is 2.00 bits per heavy atom. The number of benzene rings is 1. The highest BCUT2D eigenvalue weighted by Gasteiger charge is 2.07. The molecule has 1 aromatic heterocycles. The number of hydrogen-bond acceptors (Lipinski definition) is 2. The molecule has 0 fully saturated rings. The summed E-state index contributed by atoms with van der Waals surface area (Å²) >= 11 is 0. The monoisotopic (exact) mass is 244 g/mol. The maximum absolute atomic E-state index is 10.7. The third kappa shape index (κ3) is 2.77. The Labute approximate surface area is 106 Å². The Balaban J connectivity index is 2.15. The fraction of sp³-hybridized carbons (Fsp3) is 0.286. The van der Waals surface area contributed by atoms with Gasteiger partial charge in [0.1, 0.15) is 0 Å². The standard InChI is InChI=1S/C14H16N2O2/c1-2-3-4-11-5-7-12(8-6-11)16-10-9-13(15-16)14(17)18/h5-10H,2-4H2,1H3,(H,17,18). The predicted molar refractivity (Wildman–Crippen MR) is 69.1 cm³/mol. The Morgan fingerprint density at radius 3 is 2.56 bits per heavy atom. The van der Waals surface area contributed by atoms with Crippen molar-refractivity contribution in [2.24, 2.45) is 0 Å². The first kappa shape index (κ1) is 12.4. The van der Waals surface area contributed by atoms with E-state index in [9.17, 15) is 4.79 Å². The molecule has 2 rings (SSSR count). The van der Waals surface area contributed by atoms with Gasteiger partial charge in [0.2, 0.25) is 0 Å². The molecule has 0 unspecified atom stereocenters. The first-order valence-electron chi connectivity index (χ1n) is 6.09. The van der Waals surface area contributed by atoms with Crippen LogP contribution in [0.15, 0.2) is 36.5 Å². The fourth-order valence-corrected chi connectivity index (χ4v) is 1.78. The lowest BCUT2D eigenvalue weighted by Gasteiger charge is -2.03. The van der Waals surface area contributed by atoms with Crippen LogP contribution >= 0.6 is 0 Å². The van der Waals surface area contributed by atoms with E-state index in [1.165, 1.54) is 24.5 Å². The highest BCUT2D eigenvalue weighted by atomic mass is 16.4. The molecule has 1 N–H and O–H groups in total. The van der Waals surface area contributed by atoms with Crippen LogP contribution in [0.5, 0.6) is 0 Å². The Hall–Kier alpha value is -2.10. The zero-order valence-electron chi connectivity index (χ0n) is 10.3. The van der Waals surface area contributed by atoms with Crippen molar-refractivity contribution < 1.29 is 9.90 Å². The van der Waals surface area contributed by atoms with Gasteiger partial charge in [0.15, 0.2) is 5.69 Å². The highest BCUT2D eigenvalue weighted by Crippen LogP contribution is 2.11. The van der Waals surface area contributed by atoms with E-state index in [2.05, 4.69) is 24.2 Å². The third-order valence-corrected chi connectivity index (χ3v) is 2.83. The average Bonchev–Trinajstić information content (AvgIpc) is 2.87. The number of carbonyl (C=O) groups is 1. The van der Waals surface area contributed by atoms with Gasteiger partial charge in [-0.25, -0.2) is 9.48 Å². The van der Waals surface area contributed by atoms with Crippen molar-refractivity contribution in [2.45, 2.75) is 26.2 Å². The van der Waals surface area contributed by atoms with Crippen LogP contribution in [0.4, 0.5) is 0 Å². The van der Waals surface area contributed by atoms with Crippen molar-refractivity contribution in [1.29, 1.82) is 0 Å². The molecule has 0 spiro atoms. The van der Waals surface area contributed by atoms with Crippen LogP contribution in [0.3, 0.4) is 0 Å². The van der Waals surface area contributed by atoms with Crippen molar-refractivity contribution in [2.75, 3.05) is 0 Å². The van der Waals surface area contributed by atoms with Gasteiger partial charge in [-0.05, 0) is 36.6 Å². The normalized spacial score (nSPS) is 10.5. The molecule has 1 heterocycles. The van der Waals surface area contributed by atoms with Crippen molar-refractivity contribution in [3.8, 4) is 5.69 Å². The van der Waals surface area contributed by atoms with Crippen LogP contribution in [0.2, 0.25) is 0 Å². The minimum absolute atomic E-state index is 0.0602. The van der Waals surface area contributed by atoms with Crippen molar-refractivity contribution in [3.05, 3.63) is 47.8 Å². The number of hydrogen-bond donors (Lipinski definition) is 1. The zero-order chi connectivity index (χ0) is 13.0. The summed E-state index contributed by atoms with van der Waals surface area (Å²) in [7, 11) is 0. The van der Waals surface area contributed by atoms with E-state index in [-0.39, 0.29) is 5.69 Å². The highest BCUT2D eigenvalue weighted by molar-refractivity contribution is 5.85. The summed E-state index contributed by atoms with van der Waals surface area (Å²) < 4.78 is 1.58. The molecular formula is C14H16N2O2. The average molecular weight is 244 g/mol. The topological polar surface area (TPSA) is 55.1 Å². The van der Waals surface area contributed by atoms with Gasteiger partial charge in [-0.2, -0.15) is 5.10 Å². The van der Waals surface area contributed by atoms with E-state index in [4.69, 9.17) is 5.11 Å². The molecule has 4 nitrogen and oxygen atoms in total. The number of carboxylic acids is 1. The summed E-state index contributed by atoms with van der Waals surface area (Å²) in [6, 6.07) is 9.54. The lowest BCUT2D eigenvalue weighted by molar-refractivity contribution is 0.0690. The number of aryl methyl sites for hydroxylation is 1. The molecule has 0 aliphatic carbocycles. The van der Waals surface area contributed by atoms with Gasteiger partial charge in [0, 0.05) is 6.20 Å². The molecule has 0 radical (unpaired) electrons. The summed E-state index contributed by atoms with van der Waals surface area (Å²) in [4.78, 5) is 10.7. The first-order valence-corrected chi connectivity index (χ1v) is 6.09. The molecule has 0 aliphatic heterocycles. The summed E-state index contributed by atoms with van der Waals surface area (Å²) in [5.74, 6) is -1.01. The van der Waals surface area contributed by atoms with E-state index < -0.39 is 5.97 Å². The number of aromatic carboxylic acids is 1. The lowest BCUT2D eigenvalue weighted by atomic mass is 10.1. The van der Waals surface area contributed by atoms with Gasteiger partial charge in [-0.1, -0.05) is 25.5 Å². The smallest absolute Gasteiger partial charge is 0.356 e. The van der Waals surface area contributed by atoms with E-state index in [1.807, 2.05) is 12.1 Å². The second-order valence-corrected chi connectivity index (χ2v) is 4.22. The maximum Gasteiger partial charge on any atom is 0.356 e. The Morgan fingerprint density at radius 1 is 1.28 bits per heavy atom. The molecule has 0 aliphatic rings. The van der Waals surface area contributed by atoms with Gasteiger partial charge in [0.05, 0.1) is 5.69 Å². The zero-order valence-corrected chi connectivity index (χ0v) is 10.3. The molecule has 0 saturated heterocycles. The second kappa shape index (κ2) is 5.49. The third-order valence-electron chi connectivity index (χ3n) is 2.83. The lowest BCUT2D eigenvalue weighted by Crippen LogP contribution is -2.01. The van der Waals surface area contributed by atoms with Gasteiger partial charge >= 0.3 is 5.97 Å². The number of aromatic nitrogens is 2. The maximum atomic E-state index is 10.7. The van der Waals surface area contributed by atoms with E-state index in [0.29, 0.717) is 0 Å². The van der Waals surface area contributed by atoms with Crippen LogP contribution in [-0.4, -0.2) is 20.9 Å². The van der Waals surface area contributed by atoms with Gasteiger partial charge < -0.3 is 5.11 Å². The summed E-state index contributed by atoms with van der Waals surface area (Å²) in [6.45, 7) is 2.17. The van der Waals surface area contributed by atoms with Crippen LogP contribution in [0, 0.1) is 0 Å². The van der Waals surface area contributed by atoms with Gasteiger partial charge in [-0.15, -0.1) is 0 Å². The second-order valence-electron chi connectivity index (χ2n) is 4.22. The minimum Gasteiger partial charge on any atom is -0.476 e. The molecular weight excluding hydrogens is 228 g/mol. The molecule has 18 heavy (non-hydrogen) atoms. The quantitative estimate of drug-likeness (QED) is 0.879. The first-order chi connectivity index (χ1) is 8.70. The van der Waals surface area contributed by atoms with Crippen molar-refractivity contribution >= 4 is 5.97 Å². The van der Waals surface area contributed by atoms with Crippen LogP contribution < -0.4 is 0 Å². The van der Waals surface area contributed by atoms with Crippen LogP contribution in [0.25, 0.3) is 5.69 Å². The SMILES string of the molecule is CCCCc1ccc(-n2ccc(C(=O)O)n2)cc1. The molecule has 0 saturated carbocycles. The summed E-state index contributed by atoms with van der Waals surface area (Å²) in [5.41, 5.74) is 2.24. The van der Waals surface area contributed by atoms with Crippen molar-refractivity contribution in [1.82, 2.24) is 9.78 Å². The van der Waals surface area contributed by atoms with E-state index >= 15 is 0 Å². The number of unbranched alkanes of at least 4 members (excludes halogenated alkanes) is 1.